The first-order valence-electron chi connectivity index (χ1n) is 10.5. The van der Waals surface area contributed by atoms with Crippen molar-refractivity contribution in [1.82, 2.24) is 10.2 Å². The lowest BCUT2D eigenvalue weighted by Crippen LogP contribution is -2.30. The van der Waals surface area contributed by atoms with Gasteiger partial charge in [0.1, 0.15) is 0 Å². The summed E-state index contributed by atoms with van der Waals surface area (Å²) in [5.41, 5.74) is 3.39. The van der Waals surface area contributed by atoms with Crippen molar-refractivity contribution in [2.24, 2.45) is 0 Å². The van der Waals surface area contributed by atoms with Gasteiger partial charge >= 0.3 is 0 Å². The number of rotatable bonds is 9. The average molecular weight is 436 g/mol. The highest BCUT2D eigenvalue weighted by molar-refractivity contribution is 7.12. The molecule has 31 heavy (non-hydrogen) atoms. The molecule has 1 heterocycles. The lowest BCUT2D eigenvalue weighted by atomic mass is 10.1. The zero-order valence-corrected chi connectivity index (χ0v) is 19.1. The van der Waals surface area contributed by atoms with Gasteiger partial charge < -0.3 is 10.2 Å². The Balaban J connectivity index is 1.75. The van der Waals surface area contributed by atoms with Crippen LogP contribution in [0, 0.1) is 0 Å². The number of thiophene rings is 1. The van der Waals surface area contributed by atoms with Crippen molar-refractivity contribution in [3.05, 3.63) is 87.6 Å². The second-order valence-electron chi connectivity index (χ2n) is 7.27. The van der Waals surface area contributed by atoms with Crippen molar-refractivity contribution in [3.63, 3.8) is 0 Å². The van der Waals surface area contributed by atoms with E-state index < -0.39 is 0 Å². The molecule has 2 aromatic carbocycles. The zero-order chi connectivity index (χ0) is 22.2. The highest BCUT2D eigenvalue weighted by atomic mass is 32.1. The van der Waals surface area contributed by atoms with Crippen LogP contribution in [0.2, 0.25) is 0 Å². The molecule has 0 saturated heterocycles. The van der Waals surface area contributed by atoms with Crippen LogP contribution in [-0.2, 0) is 13.1 Å². The molecule has 0 aliphatic heterocycles. The van der Waals surface area contributed by atoms with Crippen molar-refractivity contribution >= 4 is 28.8 Å². The molecule has 1 N–H and O–H groups in total. The van der Waals surface area contributed by atoms with Crippen LogP contribution in [0.15, 0.2) is 66.0 Å². The Morgan fingerprint density at radius 3 is 2.26 bits per heavy atom. The monoisotopic (exact) mass is 435 g/mol. The fourth-order valence-corrected chi connectivity index (χ4v) is 4.17. The van der Waals surface area contributed by atoms with Crippen LogP contribution in [0.4, 0.5) is 5.69 Å². The summed E-state index contributed by atoms with van der Waals surface area (Å²) < 4.78 is 0. The third kappa shape index (κ3) is 5.60. The normalized spacial score (nSPS) is 10.8. The van der Waals surface area contributed by atoms with Crippen LogP contribution < -0.4 is 10.2 Å². The summed E-state index contributed by atoms with van der Waals surface area (Å²) in [4.78, 5) is 30.3. The van der Waals surface area contributed by atoms with Crippen LogP contribution in [0.25, 0.3) is 0 Å². The van der Waals surface area contributed by atoms with Gasteiger partial charge in [-0.25, -0.2) is 0 Å². The summed E-state index contributed by atoms with van der Waals surface area (Å²) >= 11 is 1.39. The number of carbonyl (C=O) groups is 2. The van der Waals surface area contributed by atoms with E-state index in [9.17, 15) is 9.59 Å². The number of nitrogens with zero attached hydrogens (tertiary/aromatic N) is 2. The standard InChI is InChI=1S/C25H29N3O2S/c1-4-28(5-2)18-20-12-7-6-11-19(20)17-26-24(29)21-13-8-9-14-22(21)27(3)25(30)23-15-10-16-31-23/h6-16H,4-5,17-18H2,1-3H3,(H,26,29). The number of amides is 2. The molecule has 162 valence electrons. The van der Waals surface area contributed by atoms with Crippen molar-refractivity contribution in [2.45, 2.75) is 26.9 Å². The minimum absolute atomic E-state index is 0.125. The van der Waals surface area contributed by atoms with Crippen molar-refractivity contribution in [2.75, 3.05) is 25.0 Å². The quantitative estimate of drug-likeness (QED) is 0.525. The second-order valence-corrected chi connectivity index (χ2v) is 8.22. The smallest absolute Gasteiger partial charge is 0.268 e. The Morgan fingerprint density at radius 1 is 0.903 bits per heavy atom. The van der Waals surface area contributed by atoms with Gasteiger partial charge in [0.05, 0.1) is 16.1 Å². The van der Waals surface area contributed by atoms with Crippen LogP contribution in [-0.4, -0.2) is 36.9 Å². The lowest BCUT2D eigenvalue weighted by molar-refractivity contribution is 0.0951. The lowest BCUT2D eigenvalue weighted by Gasteiger charge is -2.21. The van der Waals surface area contributed by atoms with E-state index in [0.29, 0.717) is 22.7 Å². The first-order chi connectivity index (χ1) is 15.0. The molecule has 0 atom stereocenters. The number of hydrogen-bond acceptors (Lipinski definition) is 4. The van der Waals surface area contributed by atoms with E-state index in [2.05, 4.69) is 36.2 Å². The Morgan fingerprint density at radius 2 is 1.58 bits per heavy atom. The molecule has 1 aromatic heterocycles. The van der Waals surface area contributed by atoms with Crippen LogP contribution in [0.3, 0.4) is 0 Å². The summed E-state index contributed by atoms with van der Waals surface area (Å²) in [7, 11) is 1.70. The molecule has 6 heteroatoms. The van der Waals surface area contributed by atoms with Gasteiger partial charge in [0, 0.05) is 20.1 Å². The predicted molar refractivity (Wildman–Crippen MR) is 128 cm³/mol. The van der Waals surface area contributed by atoms with E-state index in [4.69, 9.17) is 0 Å². The molecule has 0 spiro atoms. The molecule has 0 unspecified atom stereocenters. The molecule has 3 rings (SSSR count). The van der Waals surface area contributed by atoms with Crippen molar-refractivity contribution < 1.29 is 9.59 Å². The van der Waals surface area contributed by atoms with Crippen LogP contribution in [0.1, 0.15) is 45.0 Å². The maximum absolute atomic E-state index is 13.0. The van der Waals surface area contributed by atoms with Gasteiger partial charge in [0.2, 0.25) is 0 Å². The van der Waals surface area contributed by atoms with Gasteiger partial charge in [-0.15, -0.1) is 11.3 Å². The number of hydrogen-bond donors (Lipinski definition) is 1. The summed E-state index contributed by atoms with van der Waals surface area (Å²) in [6, 6.07) is 19.0. The van der Waals surface area contributed by atoms with E-state index in [0.717, 1.165) is 25.2 Å². The number of nitrogens with one attached hydrogen (secondary N) is 1. The second kappa shape index (κ2) is 10.9. The molecule has 2 amide bonds. The van der Waals surface area contributed by atoms with Gasteiger partial charge in [0.25, 0.3) is 11.8 Å². The van der Waals surface area contributed by atoms with Crippen molar-refractivity contribution in [1.29, 1.82) is 0 Å². The Hall–Kier alpha value is -2.96. The van der Waals surface area contributed by atoms with E-state index in [1.807, 2.05) is 35.7 Å². The van der Waals surface area contributed by atoms with E-state index in [1.54, 1.807) is 25.2 Å². The van der Waals surface area contributed by atoms with Gasteiger partial charge in [0.15, 0.2) is 0 Å². The van der Waals surface area contributed by atoms with Crippen molar-refractivity contribution in [3.8, 4) is 0 Å². The molecule has 0 saturated carbocycles. The summed E-state index contributed by atoms with van der Waals surface area (Å²) in [5.74, 6) is -0.320. The average Bonchev–Trinajstić information content (AvgIpc) is 3.35. The maximum atomic E-state index is 13.0. The fraction of sp³-hybridized carbons (Fsp3) is 0.280. The number of para-hydroxylation sites is 1. The SMILES string of the molecule is CCN(CC)Cc1ccccc1CNC(=O)c1ccccc1N(C)C(=O)c1cccs1. The minimum atomic E-state index is -0.195. The predicted octanol–water partition coefficient (Wildman–Crippen LogP) is 4.80. The highest BCUT2D eigenvalue weighted by Gasteiger charge is 2.20. The molecule has 0 bridgehead atoms. The fourth-order valence-electron chi connectivity index (χ4n) is 3.48. The molecular weight excluding hydrogens is 406 g/mol. The molecule has 3 aromatic rings. The third-order valence-corrected chi connectivity index (χ3v) is 6.25. The van der Waals surface area contributed by atoms with Gasteiger partial charge in [-0.3, -0.25) is 14.5 Å². The number of carbonyl (C=O) groups excluding carboxylic acids is 2. The summed E-state index contributed by atoms with van der Waals surface area (Å²) in [6.07, 6.45) is 0. The number of anilines is 1. The molecule has 0 aliphatic carbocycles. The summed E-state index contributed by atoms with van der Waals surface area (Å²) in [6.45, 7) is 7.56. The first kappa shape index (κ1) is 22.7. The Labute approximate surface area is 188 Å². The topological polar surface area (TPSA) is 52.7 Å². The van der Waals surface area contributed by atoms with Crippen LogP contribution >= 0.6 is 11.3 Å². The highest BCUT2D eigenvalue weighted by Crippen LogP contribution is 2.23. The molecule has 0 fully saturated rings. The Bertz CT molecular complexity index is 1010. The summed E-state index contributed by atoms with van der Waals surface area (Å²) in [5, 5.41) is 4.91. The van der Waals surface area contributed by atoms with E-state index in [-0.39, 0.29) is 11.8 Å². The molecular formula is C25H29N3O2S. The third-order valence-electron chi connectivity index (χ3n) is 5.39. The van der Waals surface area contributed by atoms with Crippen LogP contribution in [0.5, 0.6) is 0 Å². The van der Waals surface area contributed by atoms with Gasteiger partial charge in [-0.05, 0) is 47.8 Å². The molecule has 5 nitrogen and oxygen atoms in total. The first-order valence-corrected chi connectivity index (χ1v) is 11.4. The number of benzene rings is 2. The molecule has 0 aliphatic rings. The van der Waals surface area contributed by atoms with E-state index in [1.165, 1.54) is 21.8 Å². The van der Waals surface area contributed by atoms with Gasteiger partial charge in [-0.1, -0.05) is 56.3 Å². The van der Waals surface area contributed by atoms with E-state index >= 15 is 0 Å². The molecule has 0 radical (unpaired) electrons. The zero-order valence-electron chi connectivity index (χ0n) is 18.3. The van der Waals surface area contributed by atoms with Gasteiger partial charge in [-0.2, -0.15) is 0 Å². The maximum Gasteiger partial charge on any atom is 0.268 e. The largest absolute Gasteiger partial charge is 0.348 e. The Kier molecular flexibility index (Phi) is 7.98. The minimum Gasteiger partial charge on any atom is -0.348 e.